The molecule has 1 atom stereocenters. The van der Waals surface area contributed by atoms with Crippen LogP contribution < -0.4 is 10.5 Å². The van der Waals surface area contributed by atoms with E-state index in [4.69, 9.17) is 10.5 Å². The number of aliphatic hydroxyl groups is 1. The lowest BCUT2D eigenvalue weighted by Gasteiger charge is -2.25. The third-order valence-electron chi connectivity index (χ3n) is 3.47. The molecule has 0 aliphatic heterocycles. The number of amides is 1. The van der Waals surface area contributed by atoms with E-state index in [1.54, 1.807) is 12.1 Å². The Morgan fingerprint density at radius 1 is 1.12 bits per heavy atom. The number of carbonyl (C=O) groups is 1. The lowest BCUT2D eigenvalue weighted by Crippen LogP contribution is -2.30. The number of rotatable bonds is 5. The van der Waals surface area contributed by atoms with Gasteiger partial charge >= 0.3 is 6.18 Å². The van der Waals surface area contributed by atoms with E-state index in [2.05, 4.69) is 0 Å². The van der Waals surface area contributed by atoms with Gasteiger partial charge in [0.15, 0.2) is 0 Å². The van der Waals surface area contributed by atoms with Crippen molar-refractivity contribution >= 4 is 5.91 Å². The van der Waals surface area contributed by atoms with E-state index in [1.807, 2.05) is 0 Å². The quantitative estimate of drug-likeness (QED) is 0.879. The van der Waals surface area contributed by atoms with E-state index in [0.29, 0.717) is 0 Å². The summed E-state index contributed by atoms with van der Waals surface area (Å²) in [7, 11) is 0. The van der Waals surface area contributed by atoms with Crippen LogP contribution in [0.3, 0.4) is 0 Å². The van der Waals surface area contributed by atoms with Crippen molar-refractivity contribution in [2.24, 2.45) is 5.73 Å². The van der Waals surface area contributed by atoms with Gasteiger partial charge in [-0.25, -0.2) is 0 Å². The van der Waals surface area contributed by atoms with E-state index in [9.17, 15) is 23.1 Å². The molecule has 0 spiro atoms. The van der Waals surface area contributed by atoms with Gasteiger partial charge < -0.3 is 15.6 Å². The molecule has 0 saturated carbocycles. The minimum absolute atomic E-state index is 0.0499. The van der Waals surface area contributed by atoms with E-state index in [0.717, 1.165) is 12.1 Å². The summed E-state index contributed by atoms with van der Waals surface area (Å²) >= 11 is 0. The van der Waals surface area contributed by atoms with Gasteiger partial charge in [-0.3, -0.25) is 4.79 Å². The maximum Gasteiger partial charge on any atom is 0.416 e. The Balaban J connectivity index is 2.22. The van der Waals surface area contributed by atoms with Gasteiger partial charge in [0.25, 0.3) is 5.91 Å². The van der Waals surface area contributed by atoms with E-state index < -0.39 is 23.2 Å². The van der Waals surface area contributed by atoms with Crippen molar-refractivity contribution in [3.05, 3.63) is 65.2 Å². The molecule has 0 bridgehead atoms. The van der Waals surface area contributed by atoms with Gasteiger partial charge in [-0.05, 0) is 36.8 Å². The minimum atomic E-state index is -4.51. The third kappa shape index (κ3) is 4.05. The zero-order chi connectivity index (χ0) is 18.0. The Hall–Kier alpha value is -2.54. The first-order chi connectivity index (χ1) is 11.1. The topological polar surface area (TPSA) is 72.6 Å². The molecule has 24 heavy (non-hydrogen) atoms. The van der Waals surface area contributed by atoms with Gasteiger partial charge in [-0.1, -0.05) is 24.3 Å². The Labute approximate surface area is 136 Å². The summed E-state index contributed by atoms with van der Waals surface area (Å²) in [6, 6.07) is 10.5. The van der Waals surface area contributed by atoms with Gasteiger partial charge in [0.2, 0.25) is 0 Å². The molecule has 0 radical (unpaired) electrons. The number of ether oxygens (including phenoxy) is 1. The van der Waals surface area contributed by atoms with Crippen molar-refractivity contribution in [3.8, 4) is 5.75 Å². The molecule has 3 N–H and O–H groups in total. The number of halogens is 3. The van der Waals surface area contributed by atoms with Crippen LogP contribution in [-0.4, -0.2) is 17.6 Å². The molecule has 0 aromatic heterocycles. The second-order valence-corrected chi connectivity index (χ2v) is 5.50. The largest absolute Gasteiger partial charge is 0.489 e. The molecular formula is C17H16F3NO3. The zero-order valence-corrected chi connectivity index (χ0v) is 12.8. The SMILES string of the molecule is C[C@@](O)(COc1ccccc1C(N)=O)c1cccc(C(F)(F)F)c1. The number of hydrogen-bond acceptors (Lipinski definition) is 3. The van der Waals surface area contributed by atoms with Crippen molar-refractivity contribution in [3.63, 3.8) is 0 Å². The van der Waals surface area contributed by atoms with Crippen LogP contribution in [0.15, 0.2) is 48.5 Å². The molecule has 7 heteroatoms. The molecule has 0 aliphatic rings. The highest BCUT2D eigenvalue weighted by molar-refractivity contribution is 5.95. The second kappa shape index (κ2) is 6.52. The summed E-state index contributed by atoms with van der Waals surface area (Å²) in [6.45, 7) is 0.980. The molecule has 1 amide bonds. The number of hydrogen-bond donors (Lipinski definition) is 2. The average molecular weight is 339 g/mol. The predicted octanol–water partition coefficient (Wildman–Crippen LogP) is 3.09. The van der Waals surface area contributed by atoms with E-state index in [1.165, 1.54) is 31.2 Å². The number of benzene rings is 2. The number of carbonyl (C=O) groups excluding carboxylic acids is 1. The molecule has 4 nitrogen and oxygen atoms in total. The Kier molecular flexibility index (Phi) is 4.84. The van der Waals surface area contributed by atoms with Gasteiger partial charge in [0.05, 0.1) is 11.1 Å². The van der Waals surface area contributed by atoms with Crippen LogP contribution in [0, 0.1) is 0 Å². The standard InChI is InChI=1S/C17H16F3NO3/c1-16(23,11-5-4-6-12(9-11)17(18,19)20)10-24-14-8-3-2-7-13(14)15(21)22/h2-9,23H,10H2,1H3,(H2,21,22)/t16-/m1/s1. The summed E-state index contributed by atoms with van der Waals surface area (Å²) in [5, 5.41) is 10.5. The molecule has 0 aliphatic carbocycles. The Morgan fingerprint density at radius 2 is 1.75 bits per heavy atom. The molecule has 128 valence electrons. The Morgan fingerprint density at radius 3 is 2.38 bits per heavy atom. The van der Waals surface area contributed by atoms with Crippen molar-refractivity contribution in [2.45, 2.75) is 18.7 Å². The monoisotopic (exact) mass is 339 g/mol. The summed E-state index contributed by atoms with van der Waals surface area (Å²) < 4.78 is 43.8. The zero-order valence-electron chi connectivity index (χ0n) is 12.8. The maximum atomic E-state index is 12.8. The minimum Gasteiger partial charge on any atom is -0.489 e. The molecule has 0 fully saturated rings. The van der Waals surface area contributed by atoms with E-state index >= 15 is 0 Å². The summed E-state index contributed by atoms with van der Waals surface area (Å²) in [4.78, 5) is 11.3. The van der Waals surface area contributed by atoms with Gasteiger partial charge in [0.1, 0.15) is 18.0 Å². The third-order valence-corrected chi connectivity index (χ3v) is 3.47. The smallest absolute Gasteiger partial charge is 0.416 e. The predicted molar refractivity (Wildman–Crippen MR) is 81.5 cm³/mol. The fraction of sp³-hybridized carbons (Fsp3) is 0.235. The summed E-state index contributed by atoms with van der Waals surface area (Å²) in [6.07, 6.45) is -4.51. The first kappa shape index (κ1) is 17.8. The van der Waals surface area contributed by atoms with Crippen molar-refractivity contribution < 1.29 is 27.8 Å². The number of alkyl halides is 3. The highest BCUT2D eigenvalue weighted by Gasteiger charge is 2.33. The molecule has 2 rings (SSSR count). The van der Waals surface area contributed by atoms with Gasteiger partial charge in [0, 0.05) is 0 Å². The summed E-state index contributed by atoms with van der Waals surface area (Å²) in [5.74, 6) is -0.554. The fourth-order valence-corrected chi connectivity index (χ4v) is 2.13. The second-order valence-electron chi connectivity index (χ2n) is 5.50. The Bertz CT molecular complexity index is 742. The number of para-hydroxylation sites is 1. The van der Waals surface area contributed by atoms with Crippen molar-refractivity contribution in [1.29, 1.82) is 0 Å². The first-order valence-corrected chi connectivity index (χ1v) is 7.03. The number of primary amides is 1. The first-order valence-electron chi connectivity index (χ1n) is 7.03. The highest BCUT2D eigenvalue weighted by Crippen LogP contribution is 2.32. The molecule has 2 aromatic rings. The van der Waals surface area contributed by atoms with Crippen LogP contribution >= 0.6 is 0 Å². The average Bonchev–Trinajstić information content (AvgIpc) is 2.52. The van der Waals surface area contributed by atoms with Crippen LogP contribution in [0.4, 0.5) is 13.2 Å². The molecular weight excluding hydrogens is 323 g/mol. The lowest BCUT2D eigenvalue weighted by atomic mass is 9.95. The van der Waals surface area contributed by atoms with Crippen LogP contribution in [0.2, 0.25) is 0 Å². The van der Waals surface area contributed by atoms with Crippen molar-refractivity contribution in [2.75, 3.05) is 6.61 Å². The highest BCUT2D eigenvalue weighted by atomic mass is 19.4. The van der Waals surface area contributed by atoms with Crippen molar-refractivity contribution in [1.82, 2.24) is 0 Å². The van der Waals surface area contributed by atoms with Crippen LogP contribution in [0.5, 0.6) is 5.75 Å². The van der Waals surface area contributed by atoms with Gasteiger partial charge in [-0.15, -0.1) is 0 Å². The molecule has 2 aromatic carbocycles. The molecule has 0 saturated heterocycles. The van der Waals surface area contributed by atoms with Crippen LogP contribution in [0.25, 0.3) is 0 Å². The van der Waals surface area contributed by atoms with E-state index in [-0.39, 0.29) is 23.5 Å². The fourth-order valence-electron chi connectivity index (χ4n) is 2.13. The van der Waals surface area contributed by atoms with Gasteiger partial charge in [-0.2, -0.15) is 13.2 Å². The maximum absolute atomic E-state index is 12.8. The number of nitrogens with two attached hydrogens (primary N) is 1. The normalized spacial score (nSPS) is 14.0. The molecule has 0 heterocycles. The summed E-state index contributed by atoms with van der Waals surface area (Å²) in [5.41, 5.74) is 2.85. The lowest BCUT2D eigenvalue weighted by molar-refractivity contribution is -0.137. The molecule has 0 unspecified atom stereocenters. The van der Waals surface area contributed by atoms with Crippen LogP contribution in [0.1, 0.15) is 28.4 Å². The van der Waals surface area contributed by atoms with Crippen LogP contribution in [-0.2, 0) is 11.8 Å².